The summed E-state index contributed by atoms with van der Waals surface area (Å²) in [6, 6.07) is 0. The second-order valence-corrected chi connectivity index (χ2v) is 20.6. The monoisotopic (exact) mass is 665 g/mol. The van der Waals surface area contributed by atoms with Crippen LogP contribution in [-0.4, -0.2) is 78.5 Å². The molecule has 15 rings (SSSR count). The quantitative estimate of drug-likeness (QED) is 0.306. The van der Waals surface area contributed by atoms with Gasteiger partial charge >= 0.3 is 0 Å². The van der Waals surface area contributed by atoms with Crippen molar-refractivity contribution >= 4 is 0 Å². The molecule has 272 valence electrons. The first kappa shape index (κ1) is 33.7. The summed E-state index contributed by atoms with van der Waals surface area (Å²) in [6.45, 7) is 18.3. The number of piperidine rings is 4. The van der Waals surface area contributed by atoms with Crippen LogP contribution in [0.2, 0.25) is 0 Å². The molecule has 0 aromatic rings. The fourth-order valence-corrected chi connectivity index (χ4v) is 15.9. The number of quaternary nitrogens is 4. The molecule has 48 heavy (non-hydrogen) atoms. The highest BCUT2D eigenvalue weighted by Crippen LogP contribution is 2.47. The minimum Gasteiger partial charge on any atom is -0.335 e. The van der Waals surface area contributed by atoms with Gasteiger partial charge < -0.3 is 19.6 Å². The highest BCUT2D eigenvalue weighted by molar-refractivity contribution is 4.91. The van der Waals surface area contributed by atoms with Crippen LogP contribution in [0.15, 0.2) is 0 Å². The summed E-state index contributed by atoms with van der Waals surface area (Å²) in [5, 5.41) is 0. The van der Waals surface area contributed by atoms with Gasteiger partial charge in [-0.2, -0.15) is 0 Å². The second-order valence-electron chi connectivity index (χ2n) is 20.6. The summed E-state index contributed by atoms with van der Waals surface area (Å²) in [5.74, 6) is 12.9. The zero-order valence-electron chi connectivity index (χ0n) is 31.6. The molecule has 0 spiro atoms. The first-order valence-electron chi connectivity index (χ1n) is 23.1. The Balaban J connectivity index is 0.876. The van der Waals surface area contributed by atoms with Crippen molar-refractivity contribution < 1.29 is 19.6 Å². The van der Waals surface area contributed by atoms with Crippen LogP contribution in [-0.2, 0) is 0 Å². The van der Waals surface area contributed by atoms with E-state index in [1.54, 1.807) is 155 Å². The van der Waals surface area contributed by atoms with Crippen molar-refractivity contribution in [3.63, 3.8) is 0 Å². The molecule has 4 N–H and O–H groups in total. The summed E-state index contributed by atoms with van der Waals surface area (Å²) < 4.78 is 0. The SMILES string of the molecule is C1CC2C[NH+]3CCC(CC3)C3CC[NH+](CC3)CC3CCCC4C(CCCC34)C[NH+]3CCC(CC3)C3CC[NH+](CC3)CC3CCCC2C3C1. The maximum Gasteiger partial charge on any atom is 0.0802 e. The van der Waals surface area contributed by atoms with Crippen molar-refractivity contribution in [2.75, 3.05) is 78.5 Å². The van der Waals surface area contributed by atoms with Gasteiger partial charge in [-0.3, -0.25) is 0 Å². The van der Waals surface area contributed by atoms with E-state index in [0.717, 1.165) is 71.0 Å². The van der Waals surface area contributed by atoms with Crippen LogP contribution in [0.1, 0.15) is 128 Å². The minimum atomic E-state index is 1.06. The fraction of sp³-hybridized carbons (Fsp3) is 1.00. The van der Waals surface area contributed by atoms with Crippen LogP contribution in [0, 0.1) is 71.0 Å². The van der Waals surface area contributed by atoms with Crippen molar-refractivity contribution in [3.8, 4) is 0 Å². The smallest absolute Gasteiger partial charge is 0.0802 e. The minimum absolute atomic E-state index is 1.06. The maximum absolute atomic E-state index is 2.04. The zero-order chi connectivity index (χ0) is 31.9. The molecule has 4 nitrogen and oxygen atoms in total. The van der Waals surface area contributed by atoms with Gasteiger partial charge in [0.25, 0.3) is 0 Å². The molecule has 0 radical (unpaired) electrons. The van der Waals surface area contributed by atoms with Crippen LogP contribution in [0.3, 0.4) is 0 Å². The number of hydrogen-bond acceptors (Lipinski definition) is 0. The predicted octanol–water partition coefficient (Wildman–Crippen LogP) is 2.84. The Morgan fingerprint density at radius 3 is 0.625 bits per heavy atom. The normalized spacial score (nSPS) is 52.0. The van der Waals surface area contributed by atoms with Crippen LogP contribution in [0.25, 0.3) is 0 Å². The lowest BCUT2D eigenvalue weighted by molar-refractivity contribution is -0.915. The molecule has 11 aliphatic heterocycles. The number of nitrogens with one attached hydrogen (secondary N) is 4. The molecular formula is C44H80N4+4. The van der Waals surface area contributed by atoms with Crippen molar-refractivity contribution in [2.24, 2.45) is 71.0 Å². The van der Waals surface area contributed by atoms with E-state index in [2.05, 4.69) is 0 Å². The third-order valence-corrected chi connectivity index (χ3v) is 18.5. The maximum atomic E-state index is 2.04. The van der Waals surface area contributed by atoms with Gasteiger partial charge in [-0.1, -0.05) is 25.7 Å². The van der Waals surface area contributed by atoms with E-state index in [-0.39, 0.29) is 0 Å². The topological polar surface area (TPSA) is 17.8 Å². The van der Waals surface area contributed by atoms with Crippen molar-refractivity contribution in [1.29, 1.82) is 0 Å². The molecule has 4 heteroatoms. The first-order valence-corrected chi connectivity index (χ1v) is 23.1. The molecule has 4 aliphatic carbocycles. The third-order valence-electron chi connectivity index (χ3n) is 18.5. The molecule has 0 aromatic carbocycles. The van der Waals surface area contributed by atoms with Gasteiger partial charge in [0, 0.05) is 23.7 Å². The van der Waals surface area contributed by atoms with Gasteiger partial charge in [-0.25, -0.2) is 0 Å². The van der Waals surface area contributed by atoms with Crippen molar-refractivity contribution in [2.45, 2.75) is 128 Å². The Hall–Kier alpha value is -0.160. The van der Waals surface area contributed by atoms with E-state index in [9.17, 15) is 0 Å². The Kier molecular flexibility index (Phi) is 10.8. The summed E-state index contributed by atoms with van der Waals surface area (Å²) in [4.78, 5) is 8.14. The highest BCUT2D eigenvalue weighted by atomic mass is 15.2. The Labute approximate surface area is 296 Å². The van der Waals surface area contributed by atoms with Gasteiger partial charge in [-0.05, 0) is 150 Å². The van der Waals surface area contributed by atoms with Gasteiger partial charge in [-0.15, -0.1) is 0 Å². The Morgan fingerprint density at radius 2 is 0.417 bits per heavy atom. The Bertz CT molecular complexity index is 839. The lowest BCUT2D eigenvalue weighted by Crippen LogP contribution is -3.14. The molecular weight excluding hydrogens is 585 g/mol. The molecule has 16 bridgehead atoms. The van der Waals surface area contributed by atoms with E-state index < -0.39 is 0 Å². The van der Waals surface area contributed by atoms with E-state index in [0.29, 0.717) is 0 Å². The largest absolute Gasteiger partial charge is 0.335 e. The highest BCUT2D eigenvalue weighted by Gasteiger charge is 2.46. The number of rotatable bonds is 0. The molecule has 15 fully saturated rings. The third kappa shape index (κ3) is 7.37. The van der Waals surface area contributed by atoms with Gasteiger partial charge in [0.2, 0.25) is 0 Å². The molecule has 4 saturated carbocycles. The first-order chi connectivity index (χ1) is 23.7. The van der Waals surface area contributed by atoms with E-state index in [4.69, 9.17) is 0 Å². The van der Waals surface area contributed by atoms with Gasteiger partial charge in [0.05, 0.1) is 78.5 Å². The lowest BCUT2D eigenvalue weighted by atomic mass is 9.61. The standard InChI is InChI=1S/C44H76N4/c1-5-37-29-45-21-13-33(14-22-45)35-17-25-47(26-18-35)31-39-7-3-12-44-40(8-4-11-43(39)44)32-48-27-19-36(20-28-48)34-15-23-46(24-16-34)30-38-6-2-10-42(37)41(38)9-1/h33-44H,1-32H2/p+4. The summed E-state index contributed by atoms with van der Waals surface area (Å²) in [6.07, 6.45) is 31.4. The van der Waals surface area contributed by atoms with E-state index in [1.807, 2.05) is 19.6 Å². The van der Waals surface area contributed by atoms with Crippen molar-refractivity contribution in [3.05, 3.63) is 0 Å². The van der Waals surface area contributed by atoms with Crippen molar-refractivity contribution in [1.82, 2.24) is 0 Å². The average molecular weight is 665 g/mol. The van der Waals surface area contributed by atoms with E-state index in [1.165, 1.54) is 52.4 Å². The molecule has 8 atom stereocenters. The predicted molar refractivity (Wildman–Crippen MR) is 196 cm³/mol. The van der Waals surface area contributed by atoms with E-state index >= 15 is 0 Å². The van der Waals surface area contributed by atoms with Gasteiger partial charge in [0.1, 0.15) is 0 Å². The second kappa shape index (κ2) is 15.4. The summed E-state index contributed by atoms with van der Waals surface area (Å²) >= 11 is 0. The van der Waals surface area contributed by atoms with Crippen LogP contribution in [0.5, 0.6) is 0 Å². The molecule has 0 amide bonds. The lowest BCUT2D eigenvalue weighted by Gasteiger charge is -2.48. The van der Waals surface area contributed by atoms with Gasteiger partial charge in [0.15, 0.2) is 0 Å². The van der Waals surface area contributed by atoms with Crippen LogP contribution >= 0.6 is 0 Å². The Morgan fingerprint density at radius 1 is 0.208 bits per heavy atom. The number of hydrogen-bond donors (Lipinski definition) is 4. The summed E-state index contributed by atoms with van der Waals surface area (Å²) in [7, 11) is 0. The molecule has 0 aromatic heterocycles. The molecule has 15 aliphatic rings. The molecule has 11 saturated heterocycles. The zero-order valence-corrected chi connectivity index (χ0v) is 31.6. The summed E-state index contributed by atoms with van der Waals surface area (Å²) in [5.41, 5.74) is 0. The van der Waals surface area contributed by atoms with Crippen LogP contribution in [0.4, 0.5) is 0 Å². The molecule has 11 heterocycles. The average Bonchev–Trinajstić information content (AvgIpc) is 3.13. The fourth-order valence-electron chi connectivity index (χ4n) is 15.9. The molecule has 8 unspecified atom stereocenters. The van der Waals surface area contributed by atoms with Crippen LogP contribution < -0.4 is 19.6 Å².